The maximum atomic E-state index is 8.94. The molecule has 1 aromatic rings. The molecule has 0 unspecified atom stereocenters. The van der Waals surface area contributed by atoms with E-state index in [0.717, 1.165) is 49.4 Å². The van der Waals surface area contributed by atoms with Crippen molar-refractivity contribution in [2.45, 2.75) is 13.3 Å². The van der Waals surface area contributed by atoms with E-state index >= 15 is 0 Å². The molecule has 1 heterocycles. The van der Waals surface area contributed by atoms with Gasteiger partial charge in [-0.15, -0.1) is 0 Å². The number of aryl methyl sites for hydroxylation is 1. The minimum atomic E-state index is 0.177. The van der Waals surface area contributed by atoms with E-state index in [1.54, 1.807) is 0 Å². The number of rotatable bonds is 2. The Morgan fingerprint density at radius 3 is 2.79 bits per heavy atom. The lowest BCUT2D eigenvalue weighted by molar-refractivity contribution is 0.318. The van der Waals surface area contributed by atoms with Crippen LogP contribution in [0.15, 0.2) is 23.4 Å². The van der Waals surface area contributed by atoms with Crippen molar-refractivity contribution in [3.63, 3.8) is 0 Å². The van der Waals surface area contributed by atoms with E-state index in [4.69, 9.17) is 10.9 Å². The van der Waals surface area contributed by atoms with Crippen LogP contribution in [0.3, 0.4) is 0 Å². The summed E-state index contributed by atoms with van der Waals surface area (Å²) in [6.45, 7) is 6.18. The quantitative estimate of drug-likeness (QED) is 0.364. The number of benzene rings is 1. The molecule has 0 saturated carbocycles. The number of amidine groups is 1. The van der Waals surface area contributed by atoms with Crippen LogP contribution in [0.4, 0.5) is 5.69 Å². The van der Waals surface area contributed by atoms with E-state index in [2.05, 4.69) is 35.0 Å². The molecule has 1 saturated heterocycles. The average Bonchev–Trinajstić information content (AvgIpc) is 2.62. The molecule has 0 aromatic heterocycles. The largest absolute Gasteiger partial charge is 0.409 e. The van der Waals surface area contributed by atoms with Crippen LogP contribution in [0, 0.1) is 6.92 Å². The molecule has 5 heteroatoms. The summed E-state index contributed by atoms with van der Waals surface area (Å²) < 4.78 is 0. The summed E-state index contributed by atoms with van der Waals surface area (Å²) in [4.78, 5) is 4.67. The van der Waals surface area contributed by atoms with Crippen molar-refractivity contribution in [3.8, 4) is 0 Å². The normalized spacial score (nSPS) is 18.4. The molecule has 1 fully saturated rings. The number of anilines is 1. The molecule has 0 amide bonds. The van der Waals surface area contributed by atoms with Gasteiger partial charge in [-0.2, -0.15) is 0 Å². The third-order valence-electron chi connectivity index (χ3n) is 3.66. The molecule has 0 atom stereocenters. The molecule has 5 nitrogen and oxygen atoms in total. The summed E-state index contributed by atoms with van der Waals surface area (Å²) in [6.07, 6.45) is 1.13. The summed E-state index contributed by atoms with van der Waals surface area (Å²) in [5.74, 6) is 0.177. The fraction of sp³-hybridized carbons (Fsp3) is 0.500. The number of hydrogen-bond donors (Lipinski definition) is 2. The number of oxime groups is 1. The number of likely N-dealkylation sites (N-methyl/N-ethyl adjacent to an activating group) is 1. The zero-order valence-corrected chi connectivity index (χ0v) is 11.6. The Morgan fingerprint density at radius 2 is 2.05 bits per heavy atom. The Labute approximate surface area is 114 Å². The zero-order chi connectivity index (χ0) is 13.8. The van der Waals surface area contributed by atoms with Crippen molar-refractivity contribution in [1.82, 2.24) is 4.90 Å². The fourth-order valence-electron chi connectivity index (χ4n) is 2.61. The van der Waals surface area contributed by atoms with Gasteiger partial charge in [-0.3, -0.25) is 0 Å². The highest BCUT2D eigenvalue weighted by Crippen LogP contribution is 2.26. The van der Waals surface area contributed by atoms with E-state index in [1.165, 1.54) is 0 Å². The molecular weight excluding hydrogens is 240 g/mol. The summed E-state index contributed by atoms with van der Waals surface area (Å²) in [7, 11) is 2.14. The molecular formula is C14H22N4O. The van der Waals surface area contributed by atoms with E-state index < -0.39 is 0 Å². The first kappa shape index (κ1) is 13.7. The second-order valence-corrected chi connectivity index (χ2v) is 5.10. The second kappa shape index (κ2) is 5.93. The predicted octanol–water partition coefficient (Wildman–Crippen LogP) is 1.23. The molecule has 1 aliphatic heterocycles. The Bertz CT molecular complexity index is 473. The molecule has 1 aliphatic rings. The van der Waals surface area contributed by atoms with Crippen molar-refractivity contribution < 1.29 is 5.21 Å². The first-order valence-electron chi connectivity index (χ1n) is 6.64. The molecule has 3 N–H and O–H groups in total. The maximum absolute atomic E-state index is 8.94. The molecule has 19 heavy (non-hydrogen) atoms. The minimum Gasteiger partial charge on any atom is -0.409 e. The first-order chi connectivity index (χ1) is 9.13. The van der Waals surface area contributed by atoms with Gasteiger partial charge in [0.25, 0.3) is 0 Å². The maximum Gasteiger partial charge on any atom is 0.172 e. The van der Waals surface area contributed by atoms with Gasteiger partial charge in [0.1, 0.15) is 0 Å². The molecule has 0 aliphatic carbocycles. The van der Waals surface area contributed by atoms with Crippen LogP contribution in [0.2, 0.25) is 0 Å². The molecule has 104 valence electrons. The molecule has 0 bridgehead atoms. The first-order valence-corrected chi connectivity index (χ1v) is 6.64. The Balaban J connectivity index is 2.37. The minimum absolute atomic E-state index is 0.177. The van der Waals surface area contributed by atoms with Gasteiger partial charge in [0.2, 0.25) is 0 Å². The van der Waals surface area contributed by atoms with Crippen LogP contribution >= 0.6 is 0 Å². The topological polar surface area (TPSA) is 65.1 Å². The third-order valence-corrected chi connectivity index (χ3v) is 3.66. The van der Waals surface area contributed by atoms with Crippen LogP contribution < -0.4 is 10.6 Å². The van der Waals surface area contributed by atoms with Crippen LogP contribution in [0.1, 0.15) is 17.5 Å². The number of nitrogens with zero attached hydrogens (tertiary/aromatic N) is 3. The smallest absolute Gasteiger partial charge is 0.172 e. The average molecular weight is 262 g/mol. The van der Waals surface area contributed by atoms with E-state index in [0.29, 0.717) is 0 Å². The van der Waals surface area contributed by atoms with E-state index in [1.807, 2.05) is 12.1 Å². The second-order valence-electron chi connectivity index (χ2n) is 5.10. The lowest BCUT2D eigenvalue weighted by Gasteiger charge is -2.27. The summed E-state index contributed by atoms with van der Waals surface area (Å²) >= 11 is 0. The van der Waals surface area contributed by atoms with Gasteiger partial charge >= 0.3 is 0 Å². The molecule has 2 rings (SSSR count). The van der Waals surface area contributed by atoms with Crippen LogP contribution in [-0.4, -0.2) is 49.2 Å². The van der Waals surface area contributed by atoms with Crippen molar-refractivity contribution in [3.05, 3.63) is 29.3 Å². The summed E-state index contributed by atoms with van der Waals surface area (Å²) in [5.41, 5.74) is 8.86. The van der Waals surface area contributed by atoms with E-state index in [9.17, 15) is 0 Å². The fourth-order valence-corrected chi connectivity index (χ4v) is 2.61. The van der Waals surface area contributed by atoms with Crippen molar-refractivity contribution in [2.75, 3.05) is 38.1 Å². The van der Waals surface area contributed by atoms with Gasteiger partial charge in [-0.25, -0.2) is 0 Å². The molecule has 1 aromatic carbocycles. The Morgan fingerprint density at radius 1 is 1.26 bits per heavy atom. The summed E-state index contributed by atoms with van der Waals surface area (Å²) in [6, 6.07) is 5.92. The van der Waals surface area contributed by atoms with Gasteiger partial charge in [0.15, 0.2) is 5.84 Å². The molecule has 0 radical (unpaired) electrons. The highest BCUT2D eigenvalue weighted by atomic mass is 16.4. The van der Waals surface area contributed by atoms with Gasteiger partial charge in [-0.05, 0) is 38.6 Å². The van der Waals surface area contributed by atoms with Crippen molar-refractivity contribution in [2.24, 2.45) is 10.9 Å². The van der Waals surface area contributed by atoms with Gasteiger partial charge in [0, 0.05) is 25.2 Å². The lowest BCUT2D eigenvalue weighted by Crippen LogP contribution is -2.31. The highest BCUT2D eigenvalue weighted by molar-refractivity contribution is 6.02. The monoisotopic (exact) mass is 262 g/mol. The van der Waals surface area contributed by atoms with Gasteiger partial charge in [-0.1, -0.05) is 17.3 Å². The standard InChI is InChI=1S/C14H22N4O/c1-11-5-3-6-12(14(15)16-19)13(11)18-8-4-7-17(2)9-10-18/h3,5-6,19H,4,7-10H2,1-2H3,(H2,15,16). The number of nitrogens with two attached hydrogens (primary N) is 1. The number of hydrogen-bond acceptors (Lipinski definition) is 4. The SMILES string of the molecule is Cc1cccc(/C(N)=N/O)c1N1CCCN(C)CC1. The number of para-hydroxylation sites is 1. The van der Waals surface area contributed by atoms with E-state index in [-0.39, 0.29) is 5.84 Å². The van der Waals surface area contributed by atoms with Crippen LogP contribution in [0.25, 0.3) is 0 Å². The van der Waals surface area contributed by atoms with Crippen LogP contribution in [-0.2, 0) is 0 Å². The lowest BCUT2D eigenvalue weighted by atomic mass is 10.1. The molecule has 0 spiro atoms. The van der Waals surface area contributed by atoms with Crippen LogP contribution in [0.5, 0.6) is 0 Å². The van der Waals surface area contributed by atoms with Crippen molar-refractivity contribution >= 4 is 11.5 Å². The Kier molecular flexibility index (Phi) is 4.27. The highest BCUT2D eigenvalue weighted by Gasteiger charge is 2.18. The third kappa shape index (κ3) is 2.98. The summed E-state index contributed by atoms with van der Waals surface area (Å²) in [5, 5.41) is 12.1. The van der Waals surface area contributed by atoms with Gasteiger partial charge in [0.05, 0.1) is 5.69 Å². The van der Waals surface area contributed by atoms with Crippen molar-refractivity contribution in [1.29, 1.82) is 0 Å². The zero-order valence-electron chi connectivity index (χ0n) is 11.6. The predicted molar refractivity (Wildman–Crippen MR) is 78.0 cm³/mol. The van der Waals surface area contributed by atoms with Gasteiger partial charge < -0.3 is 20.7 Å². The Hall–Kier alpha value is -1.75.